The van der Waals surface area contributed by atoms with Crippen molar-refractivity contribution in [3.63, 3.8) is 0 Å². The zero-order chi connectivity index (χ0) is 15.0. The van der Waals surface area contributed by atoms with E-state index in [4.69, 9.17) is 28.9 Å². The van der Waals surface area contributed by atoms with Crippen LogP contribution in [0.15, 0.2) is 46.2 Å². The largest absolute Gasteiger partial charge is 0.386 e. The molecule has 106 valence electrons. The lowest BCUT2D eigenvalue weighted by molar-refractivity contribution is 1.42. The van der Waals surface area contributed by atoms with Gasteiger partial charge in [0, 0.05) is 10.8 Å². The minimum atomic E-state index is -0.0947. The highest BCUT2D eigenvalue weighted by Gasteiger charge is 2.10. The van der Waals surface area contributed by atoms with Gasteiger partial charge >= 0.3 is 0 Å². The molecule has 1 aromatic heterocycles. The number of aromatic nitrogens is 1. The van der Waals surface area contributed by atoms with Crippen LogP contribution in [0.1, 0.15) is 0 Å². The first-order chi connectivity index (χ1) is 10.1. The lowest BCUT2D eigenvalue weighted by atomic mass is 10.1. The minimum absolute atomic E-state index is 0.0947. The number of aliphatic imine (C=N–C) groups is 1. The van der Waals surface area contributed by atoms with E-state index in [1.165, 1.54) is 0 Å². The van der Waals surface area contributed by atoms with Crippen molar-refractivity contribution < 1.29 is 0 Å². The second-order valence-corrected chi connectivity index (χ2v) is 5.23. The highest BCUT2D eigenvalue weighted by atomic mass is 35.5. The molecule has 4 nitrogen and oxygen atoms in total. The fraction of sp³-hybridized carbons (Fsp3) is 0.0667. The molecule has 21 heavy (non-hydrogen) atoms. The molecule has 0 unspecified atom stereocenters. The van der Waals surface area contributed by atoms with Crippen LogP contribution >= 0.6 is 23.2 Å². The van der Waals surface area contributed by atoms with E-state index in [1.807, 2.05) is 0 Å². The topological polar surface area (TPSA) is 71.2 Å². The summed E-state index contributed by atoms with van der Waals surface area (Å²) in [5, 5.41) is 1.56. The Morgan fingerprint density at radius 2 is 1.81 bits per heavy atom. The van der Waals surface area contributed by atoms with Crippen LogP contribution in [0.5, 0.6) is 0 Å². The molecule has 0 spiro atoms. The maximum Gasteiger partial charge on any atom is 0.197 e. The summed E-state index contributed by atoms with van der Waals surface area (Å²) in [6.45, 7) is 0. The van der Waals surface area contributed by atoms with E-state index < -0.39 is 0 Å². The van der Waals surface area contributed by atoms with Crippen molar-refractivity contribution >= 4 is 56.5 Å². The number of rotatable bonds is 2. The van der Waals surface area contributed by atoms with Crippen molar-refractivity contribution in [2.24, 2.45) is 10.7 Å². The SMILES string of the molecule is NC(CCl)=Nc1cccc2c(=O)c3cccc(Cl)c3[nH]c12. The van der Waals surface area contributed by atoms with E-state index in [-0.39, 0.29) is 17.1 Å². The van der Waals surface area contributed by atoms with E-state index in [0.29, 0.717) is 32.5 Å². The molecule has 3 rings (SSSR count). The Hall–Kier alpha value is -2.04. The van der Waals surface area contributed by atoms with Crippen LogP contribution in [0.3, 0.4) is 0 Å². The van der Waals surface area contributed by atoms with Gasteiger partial charge in [-0.05, 0) is 24.3 Å². The molecular weight excluding hydrogens is 309 g/mol. The van der Waals surface area contributed by atoms with Gasteiger partial charge in [0.05, 0.1) is 27.6 Å². The van der Waals surface area contributed by atoms with Gasteiger partial charge in [0.1, 0.15) is 5.84 Å². The van der Waals surface area contributed by atoms with Crippen LogP contribution in [-0.4, -0.2) is 16.7 Å². The summed E-state index contributed by atoms with van der Waals surface area (Å²) in [4.78, 5) is 20.0. The van der Waals surface area contributed by atoms with Crippen molar-refractivity contribution in [3.05, 3.63) is 51.6 Å². The quantitative estimate of drug-likeness (QED) is 0.328. The van der Waals surface area contributed by atoms with Crippen LogP contribution in [0.2, 0.25) is 5.02 Å². The Morgan fingerprint density at radius 1 is 1.14 bits per heavy atom. The number of nitrogens with zero attached hydrogens (tertiary/aromatic N) is 1. The molecule has 0 amide bonds. The predicted octanol–water partition coefficient (Wildman–Crippen LogP) is 3.56. The number of nitrogens with one attached hydrogen (secondary N) is 1. The summed E-state index contributed by atoms with van der Waals surface area (Å²) in [6, 6.07) is 10.5. The Balaban J connectivity index is 2.47. The predicted molar refractivity (Wildman–Crippen MR) is 89.1 cm³/mol. The smallest absolute Gasteiger partial charge is 0.197 e. The third kappa shape index (κ3) is 2.37. The second-order valence-electron chi connectivity index (χ2n) is 4.55. The highest BCUT2D eigenvalue weighted by molar-refractivity contribution is 6.35. The van der Waals surface area contributed by atoms with Gasteiger partial charge < -0.3 is 10.7 Å². The third-order valence-electron chi connectivity index (χ3n) is 3.20. The molecule has 0 saturated heterocycles. The van der Waals surface area contributed by atoms with Gasteiger partial charge in [-0.1, -0.05) is 23.7 Å². The van der Waals surface area contributed by atoms with Crippen LogP contribution < -0.4 is 11.2 Å². The average molecular weight is 320 g/mol. The number of pyridine rings is 1. The Kier molecular flexibility index (Phi) is 3.57. The molecule has 2 aromatic carbocycles. The van der Waals surface area contributed by atoms with Gasteiger partial charge in [-0.2, -0.15) is 0 Å². The van der Waals surface area contributed by atoms with E-state index in [0.717, 1.165) is 0 Å². The summed E-state index contributed by atoms with van der Waals surface area (Å²) in [5.41, 5.74) is 7.32. The number of hydrogen-bond donors (Lipinski definition) is 2. The number of para-hydroxylation sites is 2. The molecule has 0 aliphatic rings. The summed E-state index contributed by atoms with van der Waals surface area (Å²) < 4.78 is 0. The maximum atomic E-state index is 12.6. The summed E-state index contributed by atoms with van der Waals surface area (Å²) in [5.74, 6) is 0.402. The van der Waals surface area contributed by atoms with Gasteiger partial charge in [0.2, 0.25) is 0 Å². The molecule has 0 aliphatic heterocycles. The Morgan fingerprint density at radius 3 is 2.52 bits per heavy atom. The van der Waals surface area contributed by atoms with Gasteiger partial charge in [0.25, 0.3) is 0 Å². The van der Waals surface area contributed by atoms with Gasteiger partial charge in [-0.15, -0.1) is 11.6 Å². The first-order valence-electron chi connectivity index (χ1n) is 6.24. The van der Waals surface area contributed by atoms with E-state index >= 15 is 0 Å². The number of halogens is 2. The van der Waals surface area contributed by atoms with Gasteiger partial charge in [-0.25, -0.2) is 4.99 Å². The molecule has 0 aliphatic carbocycles. The normalized spacial score (nSPS) is 12.2. The first kappa shape index (κ1) is 13.9. The number of benzene rings is 2. The Labute approximate surface area is 130 Å². The zero-order valence-electron chi connectivity index (χ0n) is 10.9. The van der Waals surface area contributed by atoms with Crippen LogP contribution in [-0.2, 0) is 0 Å². The number of amidine groups is 1. The van der Waals surface area contributed by atoms with Crippen molar-refractivity contribution in [1.82, 2.24) is 4.98 Å². The fourth-order valence-corrected chi connectivity index (χ4v) is 2.53. The van der Waals surface area contributed by atoms with Crippen LogP contribution in [0, 0.1) is 0 Å². The lowest BCUT2D eigenvalue weighted by Gasteiger charge is -2.07. The van der Waals surface area contributed by atoms with Gasteiger partial charge in [-0.3, -0.25) is 4.79 Å². The molecular formula is C15H11Cl2N3O. The molecule has 3 aromatic rings. The standard InChI is InChI=1S/C15H11Cl2N3O/c16-7-12(18)19-11-6-2-4-9-14(11)20-13-8(15(9)21)3-1-5-10(13)17/h1-6H,7H2,(H2,18,19)(H,20,21). The summed E-state index contributed by atoms with van der Waals surface area (Å²) in [7, 11) is 0. The van der Waals surface area contributed by atoms with E-state index in [1.54, 1.807) is 36.4 Å². The number of nitrogens with two attached hydrogens (primary N) is 1. The highest BCUT2D eigenvalue weighted by Crippen LogP contribution is 2.27. The first-order valence-corrected chi connectivity index (χ1v) is 7.15. The monoisotopic (exact) mass is 319 g/mol. The van der Waals surface area contributed by atoms with Crippen molar-refractivity contribution in [3.8, 4) is 0 Å². The molecule has 1 heterocycles. The second kappa shape index (κ2) is 5.39. The molecule has 6 heteroatoms. The molecule has 0 fully saturated rings. The summed E-state index contributed by atoms with van der Waals surface area (Å²) >= 11 is 11.8. The third-order valence-corrected chi connectivity index (χ3v) is 3.79. The Bertz CT molecular complexity index is 931. The zero-order valence-corrected chi connectivity index (χ0v) is 12.4. The van der Waals surface area contributed by atoms with Crippen molar-refractivity contribution in [2.75, 3.05) is 5.88 Å². The van der Waals surface area contributed by atoms with Crippen molar-refractivity contribution in [1.29, 1.82) is 0 Å². The molecule has 0 bridgehead atoms. The van der Waals surface area contributed by atoms with Crippen molar-refractivity contribution in [2.45, 2.75) is 0 Å². The van der Waals surface area contributed by atoms with E-state index in [9.17, 15) is 4.79 Å². The molecule has 0 radical (unpaired) electrons. The van der Waals surface area contributed by atoms with Crippen LogP contribution in [0.4, 0.5) is 5.69 Å². The van der Waals surface area contributed by atoms with Gasteiger partial charge in [0.15, 0.2) is 5.43 Å². The fourth-order valence-electron chi connectivity index (χ4n) is 2.25. The number of alkyl halides is 1. The number of fused-ring (bicyclic) bond motifs is 2. The van der Waals surface area contributed by atoms with Crippen LogP contribution in [0.25, 0.3) is 21.8 Å². The molecule has 0 atom stereocenters. The number of H-pyrrole nitrogens is 1. The average Bonchev–Trinajstić information content (AvgIpc) is 2.49. The number of aromatic amines is 1. The maximum absolute atomic E-state index is 12.6. The molecule has 0 saturated carbocycles. The molecule has 3 N–H and O–H groups in total. The summed E-state index contributed by atoms with van der Waals surface area (Å²) in [6.07, 6.45) is 0. The van der Waals surface area contributed by atoms with E-state index in [2.05, 4.69) is 9.98 Å². The minimum Gasteiger partial charge on any atom is -0.386 e. The lowest BCUT2D eigenvalue weighted by Crippen LogP contribution is -2.12. The number of hydrogen-bond acceptors (Lipinski definition) is 2.